The molecule has 10 atom stereocenters. The fourth-order valence-electron chi connectivity index (χ4n) is 16.9. The number of rotatable bonds is 45. The number of likely N-dealkylation sites (tertiary alicyclic amines) is 2. The lowest BCUT2D eigenvalue weighted by Crippen LogP contribution is -2.36. The van der Waals surface area contributed by atoms with Crippen LogP contribution < -0.4 is 36.1 Å². The van der Waals surface area contributed by atoms with E-state index in [9.17, 15) is 59.9 Å². The molecule has 3 aliphatic rings. The normalized spacial score (nSPS) is 16.4. The summed E-state index contributed by atoms with van der Waals surface area (Å²) >= 11 is 23.7. The van der Waals surface area contributed by atoms with E-state index in [0.717, 1.165) is 98.9 Å². The van der Waals surface area contributed by atoms with Crippen LogP contribution in [0.4, 0.5) is 26.3 Å². The lowest BCUT2D eigenvalue weighted by molar-refractivity contribution is -0.138. The number of Topliss-reactive ketones (excluding diaryl/α,β-unsaturated/α-hetero) is 7. The van der Waals surface area contributed by atoms with Crippen LogP contribution in [-0.2, 0) is 44.5 Å². The van der Waals surface area contributed by atoms with Crippen molar-refractivity contribution in [2.75, 3.05) is 141 Å². The molecule has 3 aliphatic heterocycles. The van der Waals surface area contributed by atoms with Gasteiger partial charge in [-0.05, 0) is 191 Å². The molecule has 0 amide bonds. The standard InChI is InChI=1S/2C18H27ClN2O.C17H24F3NO.C16H22ClNO2.2C16H24FNO2.C14H19ClFNO/c2*1-13(2)18(22)17(14-5-7-15(19)8-6-14)12-21-10-9-16(11-21)20(3)4;1-10(2)16(22)15(9-21-11(3)4)13-6-12(5)7-14(8-13)17(18,19)20;1-11(2)16(19)15(9-18-14-7-8-20-10-14)12-3-5-13(17)6-4-12;1-10(2)16(19)13(9-18-11(3)4)12-6-7-15(20-5)14(17)8-12;1-10(2)16(19)13(9-18-11(3)4)12-6-7-14(17)15(8-12)20-5;1-10(2)14(18)13(9-17-8-7-16)11-3-5-12(15)6-4-11/h2*5-8,13,16-17H,9-12H2,1-4H3;6-8,10-11,15,21H,9H2,1-5H3;3-6,11,14-15,18H,7-10H2,1-2H3;2*6-8,10-11,13,18H,9H2,1-5H3;3-6,10,13,17H,7-9H2,1-2H3/t16-,17+;16-,17-;15-;14?,15-;3*13-/m0011111/s1. The van der Waals surface area contributed by atoms with Gasteiger partial charge in [0.05, 0.1) is 67.8 Å². The van der Waals surface area contributed by atoms with E-state index >= 15 is 0 Å². The second-order valence-corrected chi connectivity index (χ2v) is 43.0. The van der Waals surface area contributed by atoms with Crippen LogP contribution >= 0.6 is 46.4 Å². The van der Waals surface area contributed by atoms with Gasteiger partial charge in [0, 0.05) is 170 Å². The number of benzene rings is 7. The van der Waals surface area contributed by atoms with Crippen molar-refractivity contribution in [2.24, 2.45) is 41.4 Å². The van der Waals surface area contributed by atoms with Gasteiger partial charge in [-0.3, -0.25) is 33.6 Å². The van der Waals surface area contributed by atoms with E-state index in [1.54, 1.807) is 63.2 Å². The first-order chi connectivity index (χ1) is 67.6. The molecule has 1 unspecified atom stereocenters. The Morgan fingerprint density at radius 2 is 0.715 bits per heavy atom. The minimum Gasteiger partial charge on any atom is -0.494 e. The Balaban J connectivity index is 0.000000350. The van der Waals surface area contributed by atoms with Crippen LogP contribution in [-0.4, -0.2) is 237 Å². The highest BCUT2D eigenvalue weighted by molar-refractivity contribution is 6.31. The van der Waals surface area contributed by atoms with Crippen molar-refractivity contribution in [1.29, 1.82) is 0 Å². The Hall–Kier alpha value is -7.83. The van der Waals surface area contributed by atoms with Crippen molar-refractivity contribution in [2.45, 2.75) is 249 Å². The minimum absolute atomic E-state index is 0.0253. The van der Waals surface area contributed by atoms with Gasteiger partial charge in [0.15, 0.2) is 23.1 Å². The molecule has 29 heteroatoms. The SMILES string of the molecule is CC(C)C(=O)[C@@H](CN1CC[C@H](N(C)C)C1)c1ccc(Cl)cc1.CC(C)C(=O)[C@H](CN1CC[C@H](N(C)C)C1)c1ccc(Cl)cc1.CC(C)C(=O)[C@H](CNC1CCOC1)c1ccc(Cl)cc1.CC(C)C(=O)[C@H](CNCCF)c1ccc(Cl)cc1.COc1cc([C@@H](CNC(C)C)C(=O)C(C)C)ccc1F.COc1ccc([C@@H](CNC(C)C)C(=O)C(C)C)cc1F.Cc1cc([C@@H](CNC(C)C)C(=O)C(C)C)cc(C(F)(F)F)c1. The maximum absolute atomic E-state index is 13.8. The highest BCUT2D eigenvalue weighted by Gasteiger charge is 2.37. The van der Waals surface area contributed by atoms with Crippen LogP contribution in [0.3, 0.4) is 0 Å². The Kier molecular flexibility index (Phi) is 58.2. The number of likely N-dealkylation sites (N-methyl/N-ethyl adjacent to an activating group) is 2. The van der Waals surface area contributed by atoms with Crippen molar-refractivity contribution in [3.63, 3.8) is 0 Å². The summed E-state index contributed by atoms with van der Waals surface area (Å²) in [7, 11) is 11.4. The van der Waals surface area contributed by atoms with Gasteiger partial charge in [-0.15, -0.1) is 0 Å². The van der Waals surface area contributed by atoms with E-state index in [2.05, 4.69) is 74.4 Å². The summed E-state index contributed by atoms with van der Waals surface area (Å²) in [5, 5.41) is 18.9. The molecule has 7 aromatic carbocycles. The number of hydrogen-bond acceptors (Lipinski definition) is 19. The minimum atomic E-state index is -4.41. The predicted molar refractivity (Wildman–Crippen MR) is 579 cm³/mol. The van der Waals surface area contributed by atoms with Crippen LogP contribution in [0, 0.1) is 60.0 Å². The van der Waals surface area contributed by atoms with Crippen LogP contribution in [0.1, 0.15) is 249 Å². The van der Waals surface area contributed by atoms with Gasteiger partial charge in [0.2, 0.25) is 0 Å². The molecule has 0 aliphatic carbocycles. The number of halogens is 10. The highest BCUT2D eigenvalue weighted by Crippen LogP contribution is 2.36. The van der Waals surface area contributed by atoms with Crippen LogP contribution in [0.25, 0.3) is 0 Å². The van der Waals surface area contributed by atoms with E-state index in [1.807, 2.05) is 210 Å². The Bertz CT molecular complexity index is 4890. The molecule has 7 aromatic rings. The third-order valence-corrected chi connectivity index (χ3v) is 26.7. The van der Waals surface area contributed by atoms with Gasteiger partial charge in [-0.1, -0.05) is 257 Å². The summed E-state index contributed by atoms with van der Waals surface area (Å²) in [6, 6.07) is 45.8. The Labute approximate surface area is 877 Å². The molecule has 0 spiro atoms. The Morgan fingerprint density at radius 3 is 1.02 bits per heavy atom. The molecule has 0 radical (unpaired) electrons. The van der Waals surface area contributed by atoms with Crippen LogP contribution in [0.5, 0.6) is 11.5 Å². The lowest BCUT2D eigenvalue weighted by Gasteiger charge is -2.25. The summed E-state index contributed by atoms with van der Waals surface area (Å²) < 4.78 is 93.6. The van der Waals surface area contributed by atoms with Gasteiger partial charge < -0.3 is 60.4 Å². The number of carbonyl (C=O) groups excluding carboxylic acids is 7. The van der Waals surface area contributed by atoms with Crippen LogP contribution in [0.2, 0.25) is 20.1 Å². The second-order valence-electron chi connectivity index (χ2n) is 41.3. The van der Waals surface area contributed by atoms with E-state index in [4.69, 9.17) is 60.6 Å². The number of hydrogen-bond donors (Lipinski definition) is 5. The molecule has 5 N–H and O–H groups in total. The topological polar surface area (TPSA) is 220 Å². The third kappa shape index (κ3) is 44.9. The van der Waals surface area contributed by atoms with E-state index in [0.29, 0.717) is 105 Å². The van der Waals surface area contributed by atoms with Gasteiger partial charge in [-0.2, -0.15) is 13.2 Å². The zero-order valence-electron chi connectivity index (χ0n) is 90.4. The van der Waals surface area contributed by atoms with Gasteiger partial charge in [0.1, 0.15) is 47.2 Å². The average Bonchev–Trinajstić information content (AvgIpc) is 1.76. The van der Waals surface area contributed by atoms with Crippen molar-refractivity contribution in [1.82, 2.24) is 46.2 Å². The monoisotopic (exact) mass is 2090 g/mol. The molecule has 3 heterocycles. The molecule has 10 rings (SSSR count). The van der Waals surface area contributed by atoms with Gasteiger partial charge >= 0.3 is 6.18 Å². The average molecular weight is 2090 g/mol. The van der Waals surface area contributed by atoms with Gasteiger partial charge in [0.25, 0.3) is 0 Å². The first-order valence-corrected chi connectivity index (χ1v) is 52.3. The molecule has 144 heavy (non-hydrogen) atoms. The number of aryl methyl sites for hydroxylation is 1. The summed E-state index contributed by atoms with van der Waals surface area (Å²) in [6.45, 7) is 50.0. The fraction of sp³-hybridized carbons (Fsp3) is 0.574. The number of alkyl halides is 4. The molecule has 0 aromatic heterocycles. The van der Waals surface area contributed by atoms with Crippen molar-refractivity contribution < 1.29 is 74.1 Å². The summed E-state index contributed by atoms with van der Waals surface area (Å²) in [6.07, 6.45) is -1.03. The first kappa shape index (κ1) is 128. The molecular weight excluding hydrogens is 1920 g/mol. The van der Waals surface area contributed by atoms with Crippen molar-refractivity contribution in [3.8, 4) is 11.5 Å². The first-order valence-electron chi connectivity index (χ1n) is 50.8. The van der Waals surface area contributed by atoms with E-state index in [-0.39, 0.29) is 136 Å². The smallest absolute Gasteiger partial charge is 0.416 e. The number of nitrogens with one attached hydrogen (secondary N) is 5. The zero-order chi connectivity index (χ0) is 108. The second kappa shape index (κ2) is 65.2. The van der Waals surface area contributed by atoms with E-state index < -0.39 is 36.0 Å². The number of carbonyl (C=O) groups is 7. The van der Waals surface area contributed by atoms with Crippen LogP contribution in [0.15, 0.2) is 152 Å². The summed E-state index contributed by atoms with van der Waals surface area (Å²) in [5.41, 5.74) is 5.82. The van der Waals surface area contributed by atoms with E-state index in [1.165, 1.54) is 39.2 Å². The third-order valence-electron chi connectivity index (χ3n) is 25.6. The summed E-state index contributed by atoms with van der Waals surface area (Å²) in [5.74, 6) is -1.18. The highest BCUT2D eigenvalue weighted by atomic mass is 35.5. The molecule has 3 saturated heterocycles. The molecule has 0 bridgehead atoms. The van der Waals surface area contributed by atoms with Gasteiger partial charge in [-0.25, -0.2) is 13.2 Å². The zero-order valence-corrected chi connectivity index (χ0v) is 93.4. The number of nitrogens with zero attached hydrogens (tertiary/aromatic N) is 4. The molecular formula is C115H167Cl4F6N9O10. The predicted octanol–water partition coefficient (Wildman–Crippen LogP) is 23.4. The van der Waals surface area contributed by atoms with Crippen molar-refractivity contribution in [3.05, 3.63) is 233 Å². The van der Waals surface area contributed by atoms with Crippen molar-refractivity contribution >= 4 is 86.9 Å². The number of ether oxygens (including phenoxy) is 3. The Morgan fingerprint density at radius 1 is 0.396 bits per heavy atom. The quantitative estimate of drug-likeness (QED) is 0.0177. The maximum Gasteiger partial charge on any atom is 0.416 e. The molecule has 19 nitrogen and oxygen atoms in total. The maximum atomic E-state index is 13.8. The molecule has 802 valence electrons. The fourth-order valence-corrected chi connectivity index (χ4v) is 17.4. The molecule has 3 fully saturated rings. The largest absolute Gasteiger partial charge is 0.494 e. The molecule has 0 saturated carbocycles. The lowest BCUT2D eigenvalue weighted by atomic mass is 9.87. The summed E-state index contributed by atoms with van der Waals surface area (Å²) in [4.78, 5) is 96.4. The number of ketones is 7. The number of methoxy groups -OCH3 is 2.